The minimum atomic E-state index is -0.165. The van der Waals surface area contributed by atoms with E-state index >= 15 is 0 Å². The fourth-order valence-electron chi connectivity index (χ4n) is 3.19. The van der Waals surface area contributed by atoms with Gasteiger partial charge in [-0.2, -0.15) is 0 Å². The molecule has 5 heteroatoms. The van der Waals surface area contributed by atoms with Crippen molar-refractivity contribution in [2.24, 2.45) is 0 Å². The van der Waals surface area contributed by atoms with Gasteiger partial charge in [-0.3, -0.25) is 4.79 Å². The van der Waals surface area contributed by atoms with Crippen LogP contribution in [0.15, 0.2) is 42.5 Å². The van der Waals surface area contributed by atoms with Crippen LogP contribution in [0.2, 0.25) is 0 Å². The summed E-state index contributed by atoms with van der Waals surface area (Å²) in [6, 6.07) is 13.0. The molecule has 0 aliphatic carbocycles. The third-order valence-electron chi connectivity index (χ3n) is 4.14. The molecular formula is C17H15N3O2. The van der Waals surface area contributed by atoms with E-state index in [4.69, 9.17) is 0 Å². The first-order chi connectivity index (χ1) is 10.6. The Labute approximate surface area is 127 Å². The molecule has 110 valence electrons. The van der Waals surface area contributed by atoms with Crippen molar-refractivity contribution in [3.8, 4) is 5.75 Å². The first-order valence-corrected chi connectivity index (χ1v) is 7.20. The van der Waals surface area contributed by atoms with Gasteiger partial charge in [0.1, 0.15) is 17.1 Å². The number of phenols is 1. The van der Waals surface area contributed by atoms with Gasteiger partial charge in [0.2, 0.25) is 5.91 Å². The molecule has 0 radical (unpaired) electrons. The van der Waals surface area contributed by atoms with Gasteiger partial charge in [0.25, 0.3) is 0 Å². The van der Waals surface area contributed by atoms with Gasteiger partial charge in [0.15, 0.2) is 0 Å². The summed E-state index contributed by atoms with van der Waals surface area (Å²) in [4.78, 5) is 21.6. The van der Waals surface area contributed by atoms with Crippen molar-refractivity contribution in [1.29, 1.82) is 0 Å². The Hall–Kier alpha value is -2.82. The molecule has 1 aliphatic heterocycles. The number of benzene rings is 2. The predicted octanol–water partition coefficient (Wildman–Crippen LogP) is 2.92. The van der Waals surface area contributed by atoms with Gasteiger partial charge in [-0.05, 0) is 23.8 Å². The maximum Gasteiger partial charge on any atom is 0.224 e. The van der Waals surface area contributed by atoms with Crippen molar-refractivity contribution < 1.29 is 9.90 Å². The lowest BCUT2D eigenvalue weighted by molar-refractivity contribution is -0.117. The molecule has 4 rings (SSSR count). The molecular weight excluding hydrogens is 278 g/mol. The Morgan fingerprint density at radius 2 is 2.09 bits per heavy atom. The minimum Gasteiger partial charge on any atom is -0.506 e. The summed E-state index contributed by atoms with van der Waals surface area (Å²) >= 11 is 0. The predicted molar refractivity (Wildman–Crippen MR) is 83.8 cm³/mol. The average molecular weight is 293 g/mol. The van der Waals surface area contributed by atoms with Crippen molar-refractivity contribution in [2.45, 2.75) is 19.4 Å². The maximum atomic E-state index is 12.1. The second kappa shape index (κ2) is 4.59. The molecule has 0 bridgehead atoms. The number of H-pyrrole nitrogens is 1. The van der Waals surface area contributed by atoms with Gasteiger partial charge in [-0.25, -0.2) is 4.98 Å². The Kier molecular flexibility index (Phi) is 2.69. The molecule has 2 N–H and O–H groups in total. The zero-order valence-electron chi connectivity index (χ0n) is 12.1. The van der Waals surface area contributed by atoms with Crippen molar-refractivity contribution in [1.82, 2.24) is 9.97 Å². The number of fused-ring (bicyclic) bond motifs is 2. The highest BCUT2D eigenvalue weighted by Crippen LogP contribution is 2.40. The summed E-state index contributed by atoms with van der Waals surface area (Å²) < 4.78 is 0. The SMILES string of the molecule is CC(=O)N1c2ccccc2CC1c1nc2c(O)cccc2[nH]1. The number of nitrogens with one attached hydrogen (secondary N) is 1. The molecule has 22 heavy (non-hydrogen) atoms. The van der Waals surface area contributed by atoms with Crippen molar-refractivity contribution in [2.75, 3.05) is 4.90 Å². The van der Waals surface area contributed by atoms with Crippen LogP contribution in [-0.2, 0) is 11.2 Å². The van der Waals surface area contributed by atoms with Crippen LogP contribution in [0.5, 0.6) is 5.75 Å². The van der Waals surface area contributed by atoms with Crippen LogP contribution in [0.25, 0.3) is 11.0 Å². The summed E-state index contributed by atoms with van der Waals surface area (Å²) in [6.07, 6.45) is 0.719. The lowest BCUT2D eigenvalue weighted by Gasteiger charge is -2.22. The normalized spacial score (nSPS) is 17.0. The van der Waals surface area contributed by atoms with Gasteiger partial charge in [0.05, 0.1) is 11.6 Å². The molecule has 3 aromatic rings. The van der Waals surface area contributed by atoms with E-state index in [0.29, 0.717) is 11.3 Å². The first kappa shape index (κ1) is 12.9. The number of anilines is 1. The molecule has 1 aliphatic rings. The van der Waals surface area contributed by atoms with Crippen LogP contribution >= 0.6 is 0 Å². The fourth-order valence-corrected chi connectivity index (χ4v) is 3.19. The highest BCUT2D eigenvalue weighted by Gasteiger charge is 2.34. The Morgan fingerprint density at radius 3 is 2.86 bits per heavy atom. The Morgan fingerprint density at radius 1 is 1.27 bits per heavy atom. The van der Waals surface area contributed by atoms with Crippen molar-refractivity contribution in [3.05, 3.63) is 53.9 Å². The zero-order chi connectivity index (χ0) is 15.3. The molecule has 1 unspecified atom stereocenters. The van der Waals surface area contributed by atoms with E-state index in [2.05, 4.69) is 9.97 Å². The van der Waals surface area contributed by atoms with Crippen LogP contribution in [0, 0.1) is 0 Å². The first-order valence-electron chi connectivity index (χ1n) is 7.20. The van der Waals surface area contributed by atoms with E-state index in [1.165, 1.54) is 0 Å². The topological polar surface area (TPSA) is 69.2 Å². The molecule has 1 aromatic heterocycles. The quantitative estimate of drug-likeness (QED) is 0.725. The highest BCUT2D eigenvalue weighted by molar-refractivity contribution is 5.95. The average Bonchev–Trinajstić information content (AvgIpc) is 3.08. The van der Waals surface area contributed by atoms with Gasteiger partial charge in [0, 0.05) is 19.0 Å². The Balaban J connectivity index is 1.84. The molecule has 0 fully saturated rings. The molecule has 1 amide bonds. The number of carbonyl (C=O) groups excluding carboxylic acids is 1. The number of rotatable bonds is 1. The minimum absolute atomic E-state index is 0.0142. The van der Waals surface area contributed by atoms with Crippen LogP contribution in [-0.4, -0.2) is 21.0 Å². The molecule has 2 heterocycles. The van der Waals surface area contributed by atoms with E-state index in [1.807, 2.05) is 30.3 Å². The van der Waals surface area contributed by atoms with Gasteiger partial charge in [-0.1, -0.05) is 24.3 Å². The number of phenolic OH excluding ortho intramolecular Hbond substituents is 1. The van der Waals surface area contributed by atoms with Crippen LogP contribution < -0.4 is 4.90 Å². The number of amides is 1. The molecule has 0 saturated heterocycles. The monoisotopic (exact) mass is 293 g/mol. The van der Waals surface area contributed by atoms with Gasteiger partial charge < -0.3 is 15.0 Å². The molecule has 5 nitrogen and oxygen atoms in total. The van der Waals surface area contributed by atoms with Crippen LogP contribution in [0.1, 0.15) is 24.4 Å². The number of aromatic amines is 1. The number of carbonyl (C=O) groups is 1. The third-order valence-corrected chi connectivity index (χ3v) is 4.14. The largest absolute Gasteiger partial charge is 0.506 e. The van der Waals surface area contributed by atoms with E-state index in [1.54, 1.807) is 24.0 Å². The summed E-state index contributed by atoms with van der Waals surface area (Å²) in [7, 11) is 0. The number of aromatic hydroxyl groups is 1. The lowest BCUT2D eigenvalue weighted by atomic mass is 10.1. The van der Waals surface area contributed by atoms with E-state index in [9.17, 15) is 9.90 Å². The second-order valence-electron chi connectivity index (χ2n) is 5.53. The van der Waals surface area contributed by atoms with Gasteiger partial charge in [-0.15, -0.1) is 0 Å². The van der Waals surface area contributed by atoms with E-state index < -0.39 is 0 Å². The highest BCUT2D eigenvalue weighted by atomic mass is 16.3. The lowest BCUT2D eigenvalue weighted by Crippen LogP contribution is -2.30. The molecule has 0 spiro atoms. The Bertz CT molecular complexity index is 884. The number of nitrogens with zero attached hydrogens (tertiary/aromatic N) is 2. The van der Waals surface area contributed by atoms with E-state index in [-0.39, 0.29) is 17.7 Å². The summed E-state index contributed by atoms with van der Waals surface area (Å²) in [5.74, 6) is 0.826. The smallest absolute Gasteiger partial charge is 0.224 e. The standard InChI is InChI=1S/C17H15N3O2/c1-10(21)20-13-7-3-2-5-11(13)9-14(20)17-18-12-6-4-8-15(22)16(12)19-17/h2-8,14,22H,9H2,1H3,(H,18,19). The van der Waals surface area contributed by atoms with Crippen molar-refractivity contribution in [3.63, 3.8) is 0 Å². The number of hydrogen-bond acceptors (Lipinski definition) is 3. The molecule has 2 aromatic carbocycles. The summed E-state index contributed by atoms with van der Waals surface area (Å²) in [5.41, 5.74) is 3.38. The zero-order valence-corrected chi connectivity index (χ0v) is 12.1. The number of aromatic nitrogens is 2. The van der Waals surface area contributed by atoms with Crippen LogP contribution in [0.3, 0.4) is 0 Å². The fraction of sp³-hybridized carbons (Fsp3) is 0.176. The molecule has 1 atom stereocenters. The third kappa shape index (κ3) is 1.79. The molecule has 0 saturated carbocycles. The number of para-hydroxylation sites is 2. The maximum absolute atomic E-state index is 12.1. The van der Waals surface area contributed by atoms with Gasteiger partial charge >= 0.3 is 0 Å². The van der Waals surface area contributed by atoms with Crippen LogP contribution in [0.4, 0.5) is 5.69 Å². The van der Waals surface area contributed by atoms with Crippen molar-refractivity contribution >= 4 is 22.6 Å². The van der Waals surface area contributed by atoms with E-state index in [0.717, 1.165) is 23.2 Å². The number of hydrogen-bond donors (Lipinski definition) is 2. The summed E-state index contributed by atoms with van der Waals surface area (Å²) in [6.45, 7) is 1.56. The second-order valence-corrected chi connectivity index (χ2v) is 5.53. The number of imidazole rings is 1. The summed E-state index contributed by atoms with van der Waals surface area (Å²) in [5, 5.41) is 9.91.